The van der Waals surface area contributed by atoms with E-state index in [1.807, 2.05) is 0 Å². The summed E-state index contributed by atoms with van der Waals surface area (Å²) in [5, 5.41) is 0. The maximum Gasteiger partial charge on any atom is 0.200 e. The zero-order chi connectivity index (χ0) is 20.3. The number of aliphatic imine (C=N–C) groups is 2. The molecule has 3 aliphatic carbocycles. The summed E-state index contributed by atoms with van der Waals surface area (Å²) in [6.07, 6.45) is 4.28. The monoisotopic (exact) mass is 572 g/mol. The van der Waals surface area contributed by atoms with Crippen LogP contribution >= 0.6 is 28.5 Å². The smallest absolute Gasteiger partial charge is 0.200 e. The minimum absolute atomic E-state index is 0.149. The van der Waals surface area contributed by atoms with Crippen molar-refractivity contribution in [3.63, 3.8) is 0 Å². The van der Waals surface area contributed by atoms with Gasteiger partial charge < -0.3 is 9.47 Å². The topological polar surface area (TPSA) is 43.2 Å². The third-order valence-corrected chi connectivity index (χ3v) is 6.90. The quantitative estimate of drug-likeness (QED) is 0.436. The maximum atomic E-state index is 6.39. The Kier molecular flexibility index (Phi) is 4.85. The summed E-state index contributed by atoms with van der Waals surface area (Å²) in [6, 6.07) is 17.5. The Morgan fingerprint density at radius 1 is 0.767 bits per heavy atom. The van der Waals surface area contributed by atoms with Crippen molar-refractivity contribution in [1.82, 2.24) is 0 Å². The van der Waals surface area contributed by atoms with Crippen LogP contribution in [0.15, 0.2) is 58.5 Å². The standard InChI is InChI=1S/C23H20N2O2.2BrH.Ni/c1-3-7-15-13(5-1)11-17-19(15)24-21(26-17)23(9-10-23)22-25-20-16-8-4-2-6-14(16)12-18(20)27-22;;;/h1-8,17-20H,9-12H2;2*1H;/q;;;+2/p-2/t17-,18-,19+,20+;;;/m1.../s1. The second-order valence-corrected chi connectivity index (χ2v) is 13.5. The van der Waals surface area contributed by atoms with Crippen LogP contribution in [0.5, 0.6) is 0 Å². The molecule has 1 saturated carbocycles. The third kappa shape index (κ3) is 2.96. The molecule has 0 saturated heterocycles. The average molecular weight is 575 g/mol. The van der Waals surface area contributed by atoms with Crippen LogP contribution in [0.25, 0.3) is 0 Å². The predicted octanol–water partition coefficient (Wildman–Crippen LogP) is 5.64. The van der Waals surface area contributed by atoms with Crippen LogP contribution in [-0.4, -0.2) is 24.0 Å². The van der Waals surface area contributed by atoms with Gasteiger partial charge in [-0.3, -0.25) is 0 Å². The number of rotatable bonds is 2. The Labute approximate surface area is 195 Å². The number of ether oxygens (including phenoxy) is 2. The largest absolute Gasteiger partial charge is 0.474 e. The first kappa shape index (κ1) is 19.5. The van der Waals surface area contributed by atoms with Gasteiger partial charge in [0.1, 0.15) is 29.7 Å². The molecule has 2 aromatic rings. The third-order valence-electron chi connectivity index (χ3n) is 6.90. The molecule has 0 N–H and O–H groups in total. The Morgan fingerprint density at radius 3 is 1.63 bits per heavy atom. The summed E-state index contributed by atoms with van der Waals surface area (Å²) in [5.41, 5.74) is 5.21. The molecule has 0 aromatic heterocycles. The van der Waals surface area contributed by atoms with E-state index in [0.29, 0.717) is 0 Å². The van der Waals surface area contributed by atoms with E-state index < -0.39 is 0 Å². The molecule has 7 rings (SSSR count). The summed E-state index contributed by atoms with van der Waals surface area (Å²) >= 11 is 6.00. The predicted molar refractivity (Wildman–Crippen MR) is 120 cm³/mol. The molecule has 158 valence electrons. The van der Waals surface area contributed by atoms with Gasteiger partial charge in [-0.1, -0.05) is 48.5 Å². The zero-order valence-corrected chi connectivity index (χ0v) is 20.2. The van der Waals surface area contributed by atoms with E-state index in [2.05, 4.69) is 77.0 Å². The molecule has 2 aliphatic heterocycles. The van der Waals surface area contributed by atoms with Crippen molar-refractivity contribution >= 4 is 40.2 Å². The molecular weight excluding hydrogens is 555 g/mol. The second-order valence-electron chi connectivity index (χ2n) is 8.50. The van der Waals surface area contributed by atoms with Crippen molar-refractivity contribution in [3.05, 3.63) is 70.8 Å². The second kappa shape index (κ2) is 7.46. The van der Waals surface area contributed by atoms with Gasteiger partial charge in [-0.2, -0.15) is 0 Å². The van der Waals surface area contributed by atoms with Crippen molar-refractivity contribution in [2.75, 3.05) is 0 Å². The Bertz CT molecular complexity index is 989. The molecular formula is C23H20Br2N2NiO2. The number of benzene rings is 2. The first-order valence-corrected chi connectivity index (χ1v) is 15.1. The molecule has 0 radical (unpaired) electrons. The first-order valence-electron chi connectivity index (χ1n) is 10.2. The van der Waals surface area contributed by atoms with E-state index in [4.69, 9.17) is 19.5 Å². The summed E-state index contributed by atoms with van der Waals surface area (Å²) in [6.45, 7) is 0. The minimum Gasteiger partial charge on any atom is -0.474 e. The molecule has 7 heteroatoms. The van der Waals surface area contributed by atoms with Crippen molar-refractivity contribution < 1.29 is 20.4 Å². The van der Waals surface area contributed by atoms with E-state index in [9.17, 15) is 0 Å². The molecule has 4 nitrogen and oxygen atoms in total. The van der Waals surface area contributed by atoms with Crippen molar-refractivity contribution in [1.29, 1.82) is 0 Å². The van der Waals surface area contributed by atoms with Gasteiger partial charge in [-0.25, -0.2) is 9.98 Å². The molecule has 4 atom stereocenters. The average Bonchev–Trinajstić information content (AvgIpc) is 3.06. The van der Waals surface area contributed by atoms with Crippen molar-refractivity contribution in [2.45, 2.75) is 50.0 Å². The Morgan fingerprint density at radius 2 is 1.20 bits per heavy atom. The van der Waals surface area contributed by atoms with Gasteiger partial charge in [0.25, 0.3) is 0 Å². The zero-order valence-electron chi connectivity index (χ0n) is 16.0. The van der Waals surface area contributed by atoms with Crippen LogP contribution < -0.4 is 0 Å². The summed E-state index contributed by atoms with van der Waals surface area (Å²) in [4.78, 5) is 10.1. The van der Waals surface area contributed by atoms with E-state index in [-0.39, 0.29) is 29.7 Å². The van der Waals surface area contributed by atoms with Crippen LogP contribution in [0.2, 0.25) is 0 Å². The molecule has 0 spiro atoms. The SMILES string of the molecule is [Br][Ni][Br].c1ccc2c(c1)C[C@H]1OC(C3(C4=N[C@H]5c6ccccc6C[C@H]5O4)CC3)=N[C@@H]21. The molecule has 2 heterocycles. The number of nitrogens with zero attached hydrogens (tertiary/aromatic N) is 2. The first-order chi connectivity index (χ1) is 14.7. The summed E-state index contributed by atoms with van der Waals surface area (Å²) < 4.78 is 12.8. The maximum absolute atomic E-state index is 6.39. The normalized spacial score (nSPS) is 30.6. The van der Waals surface area contributed by atoms with Crippen molar-refractivity contribution in [2.24, 2.45) is 15.4 Å². The molecule has 1 fully saturated rings. The van der Waals surface area contributed by atoms with Gasteiger partial charge in [0.2, 0.25) is 0 Å². The molecule has 0 unspecified atom stereocenters. The van der Waals surface area contributed by atoms with Crippen LogP contribution in [0, 0.1) is 5.41 Å². The Balaban J connectivity index is 0.000000554. The van der Waals surface area contributed by atoms with Crippen molar-refractivity contribution in [3.8, 4) is 0 Å². The van der Waals surface area contributed by atoms with E-state index >= 15 is 0 Å². The van der Waals surface area contributed by atoms with Gasteiger partial charge in [0.05, 0.1) is 0 Å². The van der Waals surface area contributed by atoms with Gasteiger partial charge in [-0.05, 0) is 35.1 Å². The van der Waals surface area contributed by atoms with Gasteiger partial charge >= 0.3 is 39.3 Å². The van der Waals surface area contributed by atoms with E-state index in [0.717, 1.165) is 37.5 Å². The minimum atomic E-state index is -0.196. The van der Waals surface area contributed by atoms with Crippen LogP contribution in [-0.2, 0) is 33.2 Å². The summed E-state index contributed by atoms with van der Waals surface area (Å²) in [5.74, 6) is 1.75. The fraction of sp³-hybridized carbons (Fsp3) is 0.391. The van der Waals surface area contributed by atoms with Gasteiger partial charge in [-0.15, -0.1) is 0 Å². The molecule has 0 amide bonds. The molecule has 5 aliphatic rings. The van der Waals surface area contributed by atoms with Gasteiger partial charge in [0, 0.05) is 12.8 Å². The van der Waals surface area contributed by atoms with E-state index in [1.54, 1.807) is 0 Å². The molecule has 2 aromatic carbocycles. The summed E-state index contributed by atoms with van der Waals surface area (Å²) in [7, 11) is 1.25. The number of fused-ring (bicyclic) bond motifs is 6. The van der Waals surface area contributed by atoms with Crippen LogP contribution in [0.4, 0.5) is 0 Å². The number of halogens is 2. The van der Waals surface area contributed by atoms with Crippen LogP contribution in [0.1, 0.15) is 47.2 Å². The molecule has 30 heavy (non-hydrogen) atoms. The van der Waals surface area contributed by atoms with E-state index in [1.165, 1.54) is 33.2 Å². The fourth-order valence-electron chi connectivity index (χ4n) is 5.31. The van der Waals surface area contributed by atoms with Crippen LogP contribution in [0.3, 0.4) is 0 Å². The Hall–Kier alpha value is -1.17. The number of hydrogen-bond donors (Lipinski definition) is 0. The molecule has 0 bridgehead atoms. The fourth-order valence-corrected chi connectivity index (χ4v) is 5.31. The number of hydrogen-bond acceptors (Lipinski definition) is 4. The van der Waals surface area contributed by atoms with Gasteiger partial charge in [0.15, 0.2) is 11.8 Å².